The number of carbonyl (C=O) groups is 2. The second kappa shape index (κ2) is 8.73. The Bertz CT molecular complexity index is 1540. The lowest BCUT2D eigenvalue weighted by molar-refractivity contribution is -0.120. The summed E-state index contributed by atoms with van der Waals surface area (Å²) in [5.74, 6) is -1.26. The number of nitrogens with zero attached hydrogens (tertiary/aromatic N) is 3. The molecule has 1 aliphatic carbocycles. The molecular weight excluding hydrogens is 592 g/mol. The number of aromatic nitrogens is 2. The molecule has 208 valence electrons. The first-order valence-corrected chi connectivity index (χ1v) is 13.6. The van der Waals surface area contributed by atoms with E-state index in [-0.39, 0.29) is 37.1 Å². The Morgan fingerprint density at radius 2 is 1.72 bits per heavy atom. The van der Waals surface area contributed by atoms with Gasteiger partial charge in [0.1, 0.15) is 29.1 Å². The van der Waals surface area contributed by atoms with E-state index in [4.69, 9.17) is 33.7 Å². The van der Waals surface area contributed by atoms with Gasteiger partial charge in [0.05, 0.1) is 15.5 Å². The lowest BCUT2D eigenvalue weighted by Crippen LogP contribution is -2.30. The predicted molar refractivity (Wildman–Crippen MR) is 135 cm³/mol. The fourth-order valence-corrected chi connectivity index (χ4v) is 5.36. The molecule has 0 atom stereocenters. The molecule has 1 saturated carbocycles. The van der Waals surface area contributed by atoms with Gasteiger partial charge in [-0.15, -0.1) is 0 Å². The summed E-state index contributed by atoms with van der Waals surface area (Å²) in [6.07, 6.45) is -0.764. The fourth-order valence-electron chi connectivity index (χ4n) is 3.90. The number of carbonyl (C=O) groups excluding carboxylic acids is 2. The van der Waals surface area contributed by atoms with Crippen LogP contribution in [0, 0.1) is 18.3 Å². The van der Waals surface area contributed by atoms with Crippen LogP contribution in [0.25, 0.3) is 5.69 Å². The molecule has 0 radical (unpaired) electrons. The van der Waals surface area contributed by atoms with Crippen molar-refractivity contribution in [2.75, 3.05) is 5.32 Å². The van der Waals surface area contributed by atoms with E-state index in [9.17, 15) is 34.3 Å². The normalized spacial score (nSPS) is 16.0. The first-order valence-electron chi connectivity index (χ1n) is 10.9. The van der Waals surface area contributed by atoms with Gasteiger partial charge < -0.3 is 10.5 Å². The molecule has 1 heterocycles. The van der Waals surface area contributed by atoms with Crippen molar-refractivity contribution in [1.29, 1.82) is 5.26 Å². The molecule has 2 aromatic carbocycles. The summed E-state index contributed by atoms with van der Waals surface area (Å²) >= 11 is 12.0. The SMILES string of the molecule is Cc1ccc(COC(=O)Nc2c(C3(C(N)=O)CC3)c(C#N)nn2-c2c(Cl)cc(S(F)(F)(F)(F)F)cc2Cl)cc1. The van der Waals surface area contributed by atoms with Gasteiger partial charge in [-0.3, -0.25) is 10.1 Å². The molecule has 0 spiro atoms. The third-order valence-corrected chi connectivity index (χ3v) is 7.75. The van der Waals surface area contributed by atoms with E-state index in [0.717, 1.165) is 5.56 Å². The van der Waals surface area contributed by atoms with Crippen molar-refractivity contribution in [2.24, 2.45) is 5.73 Å². The average molecular weight is 610 g/mol. The number of halogens is 7. The Morgan fingerprint density at radius 3 is 2.18 bits per heavy atom. The Kier molecular flexibility index (Phi) is 6.38. The number of amides is 2. The number of ether oxygens (including phenoxy) is 1. The number of primary amides is 1. The third-order valence-electron chi connectivity index (χ3n) is 6.05. The maximum Gasteiger partial charge on any atom is 0.413 e. The number of nitriles is 1. The van der Waals surface area contributed by atoms with Crippen LogP contribution >= 0.6 is 33.4 Å². The second-order valence-corrected chi connectivity index (χ2v) is 12.2. The number of benzene rings is 2. The van der Waals surface area contributed by atoms with Gasteiger partial charge in [0, 0.05) is 5.56 Å². The second-order valence-electron chi connectivity index (χ2n) is 8.93. The van der Waals surface area contributed by atoms with Gasteiger partial charge in [-0.05, 0) is 37.5 Å². The highest BCUT2D eigenvalue weighted by molar-refractivity contribution is 8.45. The van der Waals surface area contributed by atoms with Crippen molar-refractivity contribution >= 4 is 51.2 Å². The standard InChI is InChI=1S/C23H18Cl2F5N5O3S/c1-12-2-4-13(5-3-12)11-38-22(37)33-20-18(23(6-7-23)21(32)36)17(10-31)34-35(20)19-15(24)8-14(9-16(19)25)39(26,27,28,29)30/h2-5,8-9H,6-7,11H2,1H3,(H2,32,36)(H,33,37). The summed E-state index contributed by atoms with van der Waals surface area (Å²) in [6.45, 7) is 1.67. The number of rotatable bonds is 7. The summed E-state index contributed by atoms with van der Waals surface area (Å²) in [7, 11) is -10.2. The largest absolute Gasteiger partial charge is 0.444 e. The van der Waals surface area contributed by atoms with Crippen molar-refractivity contribution in [1.82, 2.24) is 9.78 Å². The van der Waals surface area contributed by atoms with Crippen molar-refractivity contribution < 1.29 is 33.8 Å². The predicted octanol–water partition coefficient (Wildman–Crippen LogP) is 7.28. The van der Waals surface area contributed by atoms with E-state index < -0.39 is 59.8 Å². The highest BCUT2D eigenvalue weighted by atomic mass is 35.5. The molecule has 16 heteroatoms. The molecule has 1 aliphatic rings. The van der Waals surface area contributed by atoms with Crippen LogP contribution in [0.1, 0.15) is 35.2 Å². The van der Waals surface area contributed by atoms with Crippen molar-refractivity contribution in [3.63, 3.8) is 0 Å². The minimum Gasteiger partial charge on any atom is -0.444 e. The Morgan fingerprint density at radius 1 is 1.15 bits per heavy atom. The monoisotopic (exact) mass is 609 g/mol. The number of anilines is 1. The van der Waals surface area contributed by atoms with Gasteiger partial charge in [0.25, 0.3) is 0 Å². The zero-order valence-electron chi connectivity index (χ0n) is 19.8. The molecule has 3 N–H and O–H groups in total. The summed E-state index contributed by atoms with van der Waals surface area (Å²) in [4.78, 5) is 22.7. The molecule has 0 bridgehead atoms. The molecule has 0 aliphatic heterocycles. The first-order chi connectivity index (χ1) is 17.9. The van der Waals surface area contributed by atoms with Gasteiger partial charge in [-0.1, -0.05) is 72.5 Å². The number of nitrogens with two attached hydrogens (primary N) is 1. The van der Waals surface area contributed by atoms with E-state index in [1.165, 1.54) is 0 Å². The minimum atomic E-state index is -10.2. The molecule has 2 amide bonds. The fraction of sp³-hybridized carbons (Fsp3) is 0.217. The van der Waals surface area contributed by atoms with E-state index in [1.807, 2.05) is 6.92 Å². The van der Waals surface area contributed by atoms with Crippen LogP contribution in [0.3, 0.4) is 0 Å². The molecule has 0 unspecified atom stereocenters. The van der Waals surface area contributed by atoms with Crippen LogP contribution in [-0.2, 0) is 21.6 Å². The lowest BCUT2D eigenvalue weighted by atomic mass is 9.94. The van der Waals surface area contributed by atoms with Crippen LogP contribution in [0.5, 0.6) is 0 Å². The molecule has 39 heavy (non-hydrogen) atoms. The highest BCUT2D eigenvalue weighted by Crippen LogP contribution is 3.02. The van der Waals surface area contributed by atoms with Crippen molar-refractivity contribution in [3.05, 3.63) is 68.8 Å². The quantitative estimate of drug-likeness (QED) is 0.272. The lowest BCUT2D eigenvalue weighted by Gasteiger charge is -2.40. The molecular formula is C23H18Cl2F5N5O3S. The number of hydrogen-bond donors (Lipinski definition) is 2. The van der Waals surface area contributed by atoms with E-state index in [1.54, 1.807) is 30.3 Å². The first kappa shape index (κ1) is 28.5. The van der Waals surface area contributed by atoms with Gasteiger partial charge in [-0.2, -0.15) is 10.4 Å². The average Bonchev–Trinajstić information content (AvgIpc) is 3.54. The molecule has 1 fully saturated rings. The van der Waals surface area contributed by atoms with Gasteiger partial charge in [0.15, 0.2) is 5.69 Å². The van der Waals surface area contributed by atoms with Gasteiger partial charge >= 0.3 is 16.3 Å². The summed E-state index contributed by atoms with van der Waals surface area (Å²) in [6, 6.07) is 8.63. The van der Waals surface area contributed by atoms with Crippen LogP contribution in [-0.4, -0.2) is 21.8 Å². The Balaban J connectivity index is 1.83. The smallest absolute Gasteiger partial charge is 0.413 e. The topological polar surface area (TPSA) is 123 Å². The van der Waals surface area contributed by atoms with Crippen molar-refractivity contribution in [2.45, 2.75) is 36.7 Å². The van der Waals surface area contributed by atoms with Crippen LogP contribution in [0.15, 0.2) is 41.3 Å². The summed E-state index contributed by atoms with van der Waals surface area (Å²) in [5.41, 5.74) is 4.56. The number of hydrogen-bond acceptors (Lipinski definition) is 5. The van der Waals surface area contributed by atoms with Crippen molar-refractivity contribution in [3.8, 4) is 11.8 Å². The van der Waals surface area contributed by atoms with Crippen LogP contribution in [0.2, 0.25) is 10.0 Å². The van der Waals surface area contributed by atoms with E-state index in [2.05, 4.69) is 10.4 Å². The molecule has 0 saturated heterocycles. The zero-order valence-corrected chi connectivity index (χ0v) is 22.1. The van der Waals surface area contributed by atoms with Gasteiger partial charge in [-0.25, -0.2) is 9.48 Å². The van der Waals surface area contributed by atoms with Gasteiger partial charge in [0.2, 0.25) is 5.91 Å². The molecule has 8 nitrogen and oxygen atoms in total. The molecule has 3 aromatic rings. The Labute approximate surface area is 228 Å². The number of aryl methyl sites for hydroxylation is 1. The number of nitrogens with one attached hydrogen (secondary N) is 1. The summed E-state index contributed by atoms with van der Waals surface area (Å²) in [5, 5.41) is 14.2. The van der Waals surface area contributed by atoms with E-state index in [0.29, 0.717) is 10.2 Å². The molecule has 1 aromatic heterocycles. The minimum absolute atomic E-state index is 0.0435. The maximum atomic E-state index is 13.4. The van der Waals surface area contributed by atoms with Crippen LogP contribution in [0.4, 0.5) is 30.0 Å². The molecule has 4 rings (SSSR count). The maximum absolute atomic E-state index is 13.4. The summed E-state index contributed by atoms with van der Waals surface area (Å²) < 4.78 is 72.9. The van der Waals surface area contributed by atoms with Crippen LogP contribution < -0.4 is 11.1 Å². The van der Waals surface area contributed by atoms with E-state index >= 15 is 0 Å². The highest BCUT2D eigenvalue weighted by Gasteiger charge is 2.65. The zero-order chi connectivity index (χ0) is 29.0. The Hall–Kier alpha value is -3.54. The third kappa shape index (κ3) is 5.61.